The third kappa shape index (κ3) is 2.45. The summed E-state index contributed by atoms with van der Waals surface area (Å²) in [6.45, 7) is 4.23. The van der Waals surface area contributed by atoms with E-state index in [2.05, 4.69) is 41.5 Å². The van der Waals surface area contributed by atoms with Gasteiger partial charge in [0.1, 0.15) is 5.82 Å². The van der Waals surface area contributed by atoms with Crippen LogP contribution in [0.1, 0.15) is 57.2 Å². The number of nitrogens with two attached hydrogens (primary N) is 1. The molecular weight excluding hydrogens is 329 g/mol. The number of aromatic nitrogens is 2. The van der Waals surface area contributed by atoms with E-state index in [0.717, 1.165) is 34.9 Å². The van der Waals surface area contributed by atoms with Crippen LogP contribution in [0, 0.1) is 3.57 Å². The molecule has 1 aliphatic carbocycles. The average Bonchev–Trinajstić information content (AvgIpc) is 2.57. The zero-order chi connectivity index (χ0) is 12.6. The lowest BCUT2D eigenvalue weighted by Gasteiger charge is -2.28. The molecule has 17 heavy (non-hydrogen) atoms. The first-order valence-corrected chi connectivity index (χ1v) is 7.31. The van der Waals surface area contributed by atoms with E-state index in [1.165, 1.54) is 0 Å². The van der Waals surface area contributed by atoms with Crippen LogP contribution in [0.5, 0.6) is 0 Å². The van der Waals surface area contributed by atoms with E-state index in [1.54, 1.807) is 0 Å². The summed E-state index contributed by atoms with van der Waals surface area (Å²) in [5, 5.41) is 14.7. The van der Waals surface area contributed by atoms with E-state index >= 15 is 0 Å². The molecule has 3 N–H and O–H groups in total. The highest BCUT2D eigenvalue weighted by molar-refractivity contribution is 14.1. The lowest BCUT2D eigenvalue weighted by molar-refractivity contribution is 0.0703. The first-order valence-electron chi connectivity index (χ1n) is 6.23. The zero-order valence-corrected chi connectivity index (χ0v) is 12.5. The van der Waals surface area contributed by atoms with Gasteiger partial charge in [-0.2, -0.15) is 5.10 Å². The second-order valence-corrected chi connectivity index (χ2v) is 6.18. The Morgan fingerprint density at radius 2 is 2.06 bits per heavy atom. The number of anilines is 1. The number of halogens is 1. The molecule has 0 aliphatic heterocycles. The Labute approximate surface area is 116 Å². The highest BCUT2D eigenvalue weighted by atomic mass is 127. The number of hydrogen-bond acceptors (Lipinski definition) is 3. The van der Waals surface area contributed by atoms with Crippen LogP contribution in [-0.2, 0) is 0 Å². The van der Waals surface area contributed by atoms with Crippen LogP contribution in [0.2, 0.25) is 0 Å². The van der Waals surface area contributed by atoms with Crippen LogP contribution in [-0.4, -0.2) is 21.0 Å². The highest BCUT2D eigenvalue weighted by Crippen LogP contribution is 2.34. The Balaban J connectivity index is 2.34. The molecule has 1 saturated carbocycles. The van der Waals surface area contributed by atoms with Gasteiger partial charge in [-0.15, -0.1) is 0 Å². The molecule has 0 bridgehead atoms. The third-order valence-electron chi connectivity index (χ3n) is 3.47. The molecule has 1 heterocycles. The van der Waals surface area contributed by atoms with Crippen LogP contribution in [0.3, 0.4) is 0 Å². The second-order valence-electron chi connectivity index (χ2n) is 5.10. The molecule has 5 heteroatoms. The van der Waals surface area contributed by atoms with Crippen LogP contribution < -0.4 is 5.73 Å². The van der Waals surface area contributed by atoms with Crippen molar-refractivity contribution in [1.82, 2.24) is 9.78 Å². The van der Waals surface area contributed by atoms with Crippen molar-refractivity contribution in [2.24, 2.45) is 0 Å². The highest BCUT2D eigenvalue weighted by Gasteiger charge is 2.28. The Hall–Kier alpha value is -0.300. The fraction of sp³-hybridized carbons (Fsp3) is 0.750. The topological polar surface area (TPSA) is 64.1 Å². The minimum Gasteiger partial charge on any atom is -0.391 e. The summed E-state index contributed by atoms with van der Waals surface area (Å²) in [5.74, 6) is 1.08. The molecule has 1 aromatic heterocycles. The van der Waals surface area contributed by atoms with Gasteiger partial charge in [0.05, 0.1) is 21.4 Å². The van der Waals surface area contributed by atoms with Gasteiger partial charge in [0.2, 0.25) is 0 Å². The van der Waals surface area contributed by atoms with Gasteiger partial charge in [-0.3, -0.25) is 0 Å². The van der Waals surface area contributed by atoms with Crippen LogP contribution >= 0.6 is 22.6 Å². The van der Waals surface area contributed by atoms with Gasteiger partial charge < -0.3 is 10.8 Å². The number of rotatable bonds is 2. The summed E-state index contributed by atoms with van der Waals surface area (Å²) < 4.78 is 2.89. The second kappa shape index (κ2) is 5.14. The number of nitrogens with zero attached hydrogens (tertiary/aromatic N) is 2. The van der Waals surface area contributed by atoms with Gasteiger partial charge in [0.25, 0.3) is 0 Å². The standard InChI is InChI=1S/C12H20IN3O/c1-7(2)11-10(13)12(14)16(15-11)8-5-3-4-6-9(8)17/h7-9,17H,3-6,14H2,1-2H3. The van der Waals surface area contributed by atoms with Crippen molar-refractivity contribution in [3.8, 4) is 0 Å². The maximum Gasteiger partial charge on any atom is 0.135 e. The monoisotopic (exact) mass is 349 g/mol. The van der Waals surface area contributed by atoms with E-state index in [0.29, 0.717) is 11.7 Å². The van der Waals surface area contributed by atoms with Gasteiger partial charge >= 0.3 is 0 Å². The number of nitrogen functional groups attached to an aromatic ring is 1. The Kier molecular flexibility index (Phi) is 3.97. The lowest BCUT2D eigenvalue weighted by Crippen LogP contribution is -2.29. The van der Waals surface area contributed by atoms with E-state index in [9.17, 15) is 5.11 Å². The van der Waals surface area contributed by atoms with Crippen molar-refractivity contribution in [2.75, 3.05) is 5.73 Å². The molecule has 2 atom stereocenters. The number of hydrogen-bond donors (Lipinski definition) is 2. The number of aliphatic hydroxyl groups excluding tert-OH is 1. The van der Waals surface area contributed by atoms with Gasteiger partial charge in [-0.1, -0.05) is 26.7 Å². The molecule has 4 nitrogen and oxygen atoms in total. The van der Waals surface area contributed by atoms with Crippen LogP contribution in [0.15, 0.2) is 0 Å². The Bertz CT molecular complexity index is 403. The Morgan fingerprint density at radius 3 is 2.59 bits per heavy atom. The molecule has 2 rings (SSSR count). The maximum absolute atomic E-state index is 10.1. The van der Waals surface area contributed by atoms with E-state index < -0.39 is 0 Å². The van der Waals surface area contributed by atoms with Crippen LogP contribution in [0.25, 0.3) is 0 Å². The number of aliphatic hydroxyl groups is 1. The van der Waals surface area contributed by atoms with Gasteiger partial charge in [0, 0.05) is 0 Å². The van der Waals surface area contributed by atoms with E-state index in [-0.39, 0.29) is 12.1 Å². The summed E-state index contributed by atoms with van der Waals surface area (Å²) in [4.78, 5) is 0. The minimum atomic E-state index is -0.304. The van der Waals surface area contributed by atoms with Gasteiger partial charge in [-0.05, 0) is 41.4 Å². The SMILES string of the molecule is CC(C)c1nn(C2CCCCC2O)c(N)c1I. The molecule has 0 spiro atoms. The molecule has 0 radical (unpaired) electrons. The first-order chi connectivity index (χ1) is 8.02. The maximum atomic E-state index is 10.1. The third-order valence-corrected chi connectivity index (χ3v) is 4.57. The molecule has 2 unspecified atom stereocenters. The first kappa shape index (κ1) is 13.1. The summed E-state index contributed by atoms with van der Waals surface area (Å²) in [6, 6.07) is 0.0600. The quantitative estimate of drug-likeness (QED) is 0.807. The molecule has 0 amide bonds. The molecule has 96 valence electrons. The fourth-order valence-corrected chi connectivity index (χ4v) is 3.42. The van der Waals surface area contributed by atoms with E-state index in [1.807, 2.05) is 4.68 Å². The summed E-state index contributed by atoms with van der Waals surface area (Å²) in [6.07, 6.45) is 3.78. The molecule has 1 aromatic rings. The summed E-state index contributed by atoms with van der Waals surface area (Å²) in [7, 11) is 0. The molecule has 0 aromatic carbocycles. The van der Waals surface area contributed by atoms with Crippen molar-refractivity contribution >= 4 is 28.4 Å². The van der Waals surface area contributed by atoms with Crippen molar-refractivity contribution in [2.45, 2.75) is 57.6 Å². The van der Waals surface area contributed by atoms with Crippen molar-refractivity contribution in [1.29, 1.82) is 0 Å². The Morgan fingerprint density at radius 1 is 1.41 bits per heavy atom. The molecular formula is C12H20IN3O. The smallest absolute Gasteiger partial charge is 0.135 e. The van der Waals surface area contributed by atoms with Gasteiger partial charge in [0.15, 0.2) is 0 Å². The average molecular weight is 349 g/mol. The fourth-order valence-electron chi connectivity index (χ4n) is 2.44. The summed E-state index contributed by atoms with van der Waals surface area (Å²) >= 11 is 2.25. The van der Waals surface area contributed by atoms with Crippen molar-refractivity contribution < 1.29 is 5.11 Å². The normalized spacial score (nSPS) is 25.5. The van der Waals surface area contributed by atoms with Crippen molar-refractivity contribution in [3.63, 3.8) is 0 Å². The summed E-state index contributed by atoms with van der Waals surface area (Å²) in [5.41, 5.74) is 7.16. The molecule has 0 saturated heterocycles. The predicted octanol–water partition coefficient (Wildman–Crippen LogP) is 2.67. The predicted molar refractivity (Wildman–Crippen MR) is 77.0 cm³/mol. The molecule has 1 fully saturated rings. The van der Waals surface area contributed by atoms with Crippen molar-refractivity contribution in [3.05, 3.63) is 9.26 Å². The molecule has 1 aliphatic rings. The zero-order valence-electron chi connectivity index (χ0n) is 10.4. The van der Waals surface area contributed by atoms with Crippen LogP contribution in [0.4, 0.5) is 5.82 Å². The lowest BCUT2D eigenvalue weighted by atomic mass is 9.93. The van der Waals surface area contributed by atoms with E-state index in [4.69, 9.17) is 5.73 Å². The van der Waals surface area contributed by atoms with Gasteiger partial charge in [-0.25, -0.2) is 4.68 Å². The minimum absolute atomic E-state index is 0.0600. The largest absolute Gasteiger partial charge is 0.391 e.